The minimum Gasteiger partial charge on any atom is -0.374 e. The number of hydrogen-bond acceptors (Lipinski definition) is 2. The third-order valence-electron chi connectivity index (χ3n) is 1.40. The van der Waals surface area contributed by atoms with Crippen molar-refractivity contribution < 1.29 is 24.6 Å². The summed E-state index contributed by atoms with van der Waals surface area (Å²) in [6.07, 6.45) is 7.71. The molecule has 9 heavy (non-hydrogen) atoms. The van der Waals surface area contributed by atoms with Crippen LogP contribution in [0.4, 0.5) is 0 Å². The molecule has 2 rings (SSSR count). The Hall–Kier alpha value is 0.413. The zero-order valence-electron chi connectivity index (χ0n) is 4.95. The Morgan fingerprint density at radius 2 is 2.22 bits per heavy atom. The molecule has 3 heteroatoms. The van der Waals surface area contributed by atoms with Gasteiger partial charge in [-0.25, -0.2) is 0 Å². The van der Waals surface area contributed by atoms with E-state index < -0.39 is 4.93 Å². The van der Waals surface area contributed by atoms with E-state index in [1.165, 1.54) is 0 Å². The van der Waals surface area contributed by atoms with E-state index in [1.807, 2.05) is 24.3 Å². The molecule has 1 nitrogen and oxygen atoms in total. The van der Waals surface area contributed by atoms with Gasteiger partial charge in [0, 0.05) is 19.5 Å². The Balaban J connectivity index is 0.000000405. The Morgan fingerprint density at radius 1 is 1.44 bits per heavy atom. The molecule has 0 amide bonds. The van der Waals surface area contributed by atoms with Crippen LogP contribution in [0.5, 0.6) is 0 Å². The van der Waals surface area contributed by atoms with E-state index in [4.69, 9.17) is 0 Å². The molecule has 1 fully saturated rings. The average Bonchev–Trinajstić information content (AvgIpc) is 2.39. The molecule has 1 aliphatic carbocycles. The van der Waals surface area contributed by atoms with E-state index in [0.717, 1.165) is 0 Å². The van der Waals surface area contributed by atoms with Gasteiger partial charge in [0.05, 0.1) is 5.25 Å². The largest absolute Gasteiger partial charge is 0.374 e. The number of hydrogen-bond donors (Lipinski definition) is 1. The second kappa shape index (κ2) is 2.23. The first-order valence-electron chi connectivity index (χ1n) is 2.57. The van der Waals surface area contributed by atoms with Gasteiger partial charge in [0.25, 0.3) is 0 Å². The normalized spacial score (nSPS) is 43.4. The van der Waals surface area contributed by atoms with Crippen molar-refractivity contribution >= 4 is 11.8 Å². The molecule has 2 unspecified atom stereocenters. The monoisotopic (exact) mass is 190 g/mol. The van der Waals surface area contributed by atoms with Gasteiger partial charge in [-0.15, -0.1) is 11.8 Å². The van der Waals surface area contributed by atoms with Crippen LogP contribution in [0.3, 0.4) is 0 Å². The molecule has 0 spiro atoms. The average molecular weight is 192 g/mol. The molecule has 1 saturated heterocycles. The number of allylic oxidation sites excluding steroid dienone is 2. The summed E-state index contributed by atoms with van der Waals surface area (Å²) in [6, 6.07) is 0. The van der Waals surface area contributed by atoms with Gasteiger partial charge in [-0.05, 0) is 6.08 Å². The standard InChI is InChI=1S/C6H6OS.Zn/c7-6-4-2-1-3-5(6)8-6;/h1-5,7H;. The van der Waals surface area contributed by atoms with Gasteiger partial charge in [0.2, 0.25) is 0 Å². The summed E-state index contributed by atoms with van der Waals surface area (Å²) >= 11 is 1.58. The summed E-state index contributed by atoms with van der Waals surface area (Å²) in [5.74, 6) is 0. The van der Waals surface area contributed by atoms with Crippen molar-refractivity contribution in [2.45, 2.75) is 10.2 Å². The number of thioether (sulfide) groups is 1. The summed E-state index contributed by atoms with van der Waals surface area (Å²) in [5, 5.41) is 9.63. The Morgan fingerprint density at radius 3 is 2.67 bits per heavy atom. The molecule has 1 heterocycles. The van der Waals surface area contributed by atoms with Gasteiger partial charge in [0.15, 0.2) is 0 Å². The Labute approximate surface area is 71.0 Å². The van der Waals surface area contributed by atoms with E-state index in [1.54, 1.807) is 11.8 Å². The summed E-state index contributed by atoms with van der Waals surface area (Å²) in [6.45, 7) is 0. The quantitative estimate of drug-likeness (QED) is 0.454. The molecule has 0 bridgehead atoms. The second-order valence-corrected chi connectivity index (χ2v) is 3.43. The van der Waals surface area contributed by atoms with E-state index >= 15 is 0 Å². The van der Waals surface area contributed by atoms with E-state index in [0.29, 0.717) is 5.25 Å². The Bertz CT molecular complexity index is 178. The van der Waals surface area contributed by atoms with Crippen molar-refractivity contribution in [1.82, 2.24) is 0 Å². The van der Waals surface area contributed by atoms with Crippen LogP contribution in [-0.4, -0.2) is 15.3 Å². The van der Waals surface area contributed by atoms with Gasteiger partial charge in [-0.2, -0.15) is 0 Å². The smallest absolute Gasteiger partial charge is 0.145 e. The Kier molecular flexibility index (Phi) is 1.86. The van der Waals surface area contributed by atoms with Crippen molar-refractivity contribution in [3.63, 3.8) is 0 Å². The van der Waals surface area contributed by atoms with Crippen LogP contribution in [0.1, 0.15) is 0 Å². The molecule has 1 N–H and O–H groups in total. The number of aliphatic hydroxyl groups is 1. The van der Waals surface area contributed by atoms with Crippen LogP contribution >= 0.6 is 11.8 Å². The van der Waals surface area contributed by atoms with Crippen molar-refractivity contribution in [1.29, 1.82) is 0 Å². The molecule has 0 saturated carbocycles. The van der Waals surface area contributed by atoms with Crippen LogP contribution < -0.4 is 0 Å². The first-order valence-corrected chi connectivity index (χ1v) is 3.45. The first-order chi connectivity index (χ1) is 3.81. The maximum Gasteiger partial charge on any atom is 0.145 e. The zero-order valence-corrected chi connectivity index (χ0v) is 8.73. The summed E-state index contributed by atoms with van der Waals surface area (Å²) in [4.78, 5) is -0.505. The van der Waals surface area contributed by atoms with Gasteiger partial charge in [0.1, 0.15) is 4.93 Å². The fraction of sp³-hybridized carbons (Fsp3) is 0.333. The van der Waals surface area contributed by atoms with Crippen molar-refractivity contribution in [2.24, 2.45) is 0 Å². The third-order valence-corrected chi connectivity index (χ3v) is 2.68. The van der Waals surface area contributed by atoms with Gasteiger partial charge < -0.3 is 5.11 Å². The fourth-order valence-electron chi connectivity index (χ4n) is 0.839. The van der Waals surface area contributed by atoms with Crippen LogP contribution in [0.15, 0.2) is 24.3 Å². The molecule has 2 atom stereocenters. The predicted molar refractivity (Wildman–Crippen MR) is 34.6 cm³/mol. The molecule has 0 aromatic carbocycles. The second-order valence-electron chi connectivity index (χ2n) is 2.03. The molecule has 1 aliphatic heterocycles. The number of fused-ring (bicyclic) bond motifs is 1. The van der Waals surface area contributed by atoms with E-state index in [2.05, 4.69) is 0 Å². The van der Waals surface area contributed by atoms with Gasteiger partial charge >= 0.3 is 0 Å². The minimum atomic E-state index is -0.505. The van der Waals surface area contributed by atoms with Crippen molar-refractivity contribution in [3.8, 4) is 0 Å². The number of rotatable bonds is 0. The molecule has 0 aromatic rings. The summed E-state index contributed by atoms with van der Waals surface area (Å²) in [5.41, 5.74) is 0. The topological polar surface area (TPSA) is 20.2 Å². The van der Waals surface area contributed by atoms with Crippen molar-refractivity contribution in [2.75, 3.05) is 0 Å². The fourth-order valence-corrected chi connectivity index (χ4v) is 1.66. The minimum absolute atomic E-state index is 0. The third kappa shape index (κ3) is 1.14. The molecule has 0 aromatic heterocycles. The van der Waals surface area contributed by atoms with E-state index in [-0.39, 0.29) is 19.5 Å². The molecular weight excluding hydrogens is 186 g/mol. The van der Waals surface area contributed by atoms with Crippen molar-refractivity contribution in [3.05, 3.63) is 24.3 Å². The zero-order chi connectivity index (χ0) is 5.61. The summed E-state index contributed by atoms with van der Waals surface area (Å²) < 4.78 is 0. The maximum atomic E-state index is 9.27. The summed E-state index contributed by atoms with van der Waals surface area (Å²) in [7, 11) is 0. The molecule has 0 radical (unpaired) electrons. The maximum absolute atomic E-state index is 9.27. The predicted octanol–water partition coefficient (Wildman–Crippen LogP) is 0.914. The van der Waals surface area contributed by atoms with E-state index in [9.17, 15) is 5.11 Å². The van der Waals surface area contributed by atoms with Crippen LogP contribution in [0.25, 0.3) is 0 Å². The SMILES string of the molecule is OC12C=CC=CC1S2.[Zn]. The van der Waals surface area contributed by atoms with Gasteiger partial charge in [-0.1, -0.05) is 18.2 Å². The van der Waals surface area contributed by atoms with Gasteiger partial charge in [-0.3, -0.25) is 0 Å². The molecule has 44 valence electrons. The first kappa shape index (κ1) is 7.52. The van der Waals surface area contributed by atoms with Crippen LogP contribution in [0, 0.1) is 0 Å². The molecule has 2 aliphatic rings. The van der Waals surface area contributed by atoms with Crippen LogP contribution in [-0.2, 0) is 19.5 Å². The molecular formula is C6H6OSZn. The van der Waals surface area contributed by atoms with Crippen LogP contribution in [0.2, 0.25) is 0 Å².